The van der Waals surface area contributed by atoms with Crippen molar-refractivity contribution < 1.29 is 8.42 Å². The van der Waals surface area contributed by atoms with Crippen LogP contribution in [0.25, 0.3) is 0 Å². The molecule has 2 rings (SSSR count). The number of benzene rings is 1. The second-order valence-corrected chi connectivity index (χ2v) is 7.68. The van der Waals surface area contributed by atoms with Crippen molar-refractivity contribution in [3.8, 4) is 0 Å². The molecule has 5 heteroatoms. The molecule has 0 saturated heterocycles. The summed E-state index contributed by atoms with van der Waals surface area (Å²) in [6.45, 7) is 2.37. The zero-order chi connectivity index (χ0) is 13.9. The first-order valence-corrected chi connectivity index (χ1v) is 8.60. The average molecular weight is 302 g/mol. The van der Waals surface area contributed by atoms with E-state index in [9.17, 15) is 8.42 Å². The van der Waals surface area contributed by atoms with Gasteiger partial charge in [0.1, 0.15) is 0 Å². The van der Waals surface area contributed by atoms with Crippen molar-refractivity contribution in [2.24, 2.45) is 5.92 Å². The Kier molecular flexibility index (Phi) is 4.87. The number of rotatable bonds is 4. The summed E-state index contributed by atoms with van der Waals surface area (Å²) in [6, 6.07) is 6.96. The average Bonchev–Trinajstić information content (AvgIpc) is 2.37. The van der Waals surface area contributed by atoms with Crippen LogP contribution in [0.3, 0.4) is 0 Å². The molecule has 0 bridgehead atoms. The fourth-order valence-corrected chi connectivity index (χ4v) is 4.13. The van der Waals surface area contributed by atoms with Crippen LogP contribution >= 0.6 is 11.6 Å². The minimum absolute atomic E-state index is 0.197. The Hall–Kier alpha value is -0.580. The number of hydrogen-bond acceptors (Lipinski definition) is 2. The van der Waals surface area contributed by atoms with Crippen LogP contribution in [-0.4, -0.2) is 20.3 Å². The summed E-state index contributed by atoms with van der Waals surface area (Å²) in [7, 11) is -3.39. The second-order valence-electron chi connectivity index (χ2n) is 5.30. The summed E-state index contributed by atoms with van der Waals surface area (Å²) in [5.41, 5.74) is 0.946. The van der Waals surface area contributed by atoms with E-state index in [2.05, 4.69) is 4.72 Å². The third kappa shape index (κ3) is 4.20. The van der Waals surface area contributed by atoms with Crippen LogP contribution in [0.4, 0.5) is 0 Å². The van der Waals surface area contributed by atoms with E-state index < -0.39 is 10.0 Å². The summed E-state index contributed by atoms with van der Waals surface area (Å²) in [4.78, 5) is 0.339. The number of sulfonamides is 1. The molecular formula is C14H20ClNO2S. The molecule has 0 spiro atoms. The summed E-state index contributed by atoms with van der Waals surface area (Å²) in [5, 5.41) is 0.197. The van der Waals surface area contributed by atoms with E-state index >= 15 is 0 Å². The Balaban J connectivity index is 1.98. The van der Waals surface area contributed by atoms with Crippen LogP contribution < -0.4 is 4.72 Å². The molecule has 1 fully saturated rings. The number of hydrogen-bond donors (Lipinski definition) is 1. The molecule has 0 aliphatic heterocycles. The highest BCUT2D eigenvalue weighted by Gasteiger charge is 2.22. The quantitative estimate of drug-likeness (QED) is 0.869. The molecule has 1 aromatic rings. The normalized spacial score (nSPS) is 24.3. The van der Waals surface area contributed by atoms with Crippen molar-refractivity contribution in [2.75, 3.05) is 6.54 Å². The highest BCUT2D eigenvalue weighted by atomic mass is 35.5. The lowest BCUT2D eigenvalue weighted by Crippen LogP contribution is -2.32. The lowest BCUT2D eigenvalue weighted by molar-refractivity contribution is 0.361. The monoisotopic (exact) mass is 301 g/mol. The van der Waals surface area contributed by atoms with E-state index in [-0.39, 0.29) is 5.38 Å². The lowest BCUT2D eigenvalue weighted by atomic mass is 9.89. The van der Waals surface area contributed by atoms with Gasteiger partial charge in [-0.15, -0.1) is 11.6 Å². The smallest absolute Gasteiger partial charge is 0.211 e. The third-order valence-corrected chi connectivity index (χ3v) is 5.40. The Bertz CT molecular complexity index is 530. The van der Waals surface area contributed by atoms with E-state index in [0.29, 0.717) is 17.4 Å². The zero-order valence-corrected chi connectivity index (χ0v) is 12.7. The van der Waals surface area contributed by atoms with E-state index in [1.165, 1.54) is 0 Å². The van der Waals surface area contributed by atoms with Gasteiger partial charge in [-0.3, -0.25) is 0 Å². The molecule has 0 radical (unpaired) electrons. The molecule has 2 unspecified atom stereocenters. The van der Waals surface area contributed by atoms with Crippen molar-refractivity contribution in [2.45, 2.75) is 42.9 Å². The first-order chi connectivity index (χ1) is 8.97. The minimum Gasteiger partial charge on any atom is -0.211 e. The fraction of sp³-hybridized carbons (Fsp3) is 0.571. The molecule has 1 N–H and O–H groups in total. The van der Waals surface area contributed by atoms with E-state index in [1.807, 2.05) is 13.0 Å². The van der Waals surface area contributed by atoms with Crippen LogP contribution in [-0.2, 0) is 10.0 Å². The molecular weight excluding hydrogens is 282 g/mol. The first-order valence-electron chi connectivity index (χ1n) is 6.68. The molecule has 106 valence electrons. The zero-order valence-electron chi connectivity index (χ0n) is 11.1. The van der Waals surface area contributed by atoms with Crippen molar-refractivity contribution in [3.63, 3.8) is 0 Å². The van der Waals surface area contributed by atoms with Gasteiger partial charge in [0.2, 0.25) is 10.0 Å². The Labute approximate surface area is 120 Å². The SMILES string of the molecule is Cc1cccc(S(=O)(=O)NCC2CCCC(Cl)C2)c1. The maximum absolute atomic E-state index is 12.2. The van der Waals surface area contributed by atoms with Gasteiger partial charge in [-0.2, -0.15) is 0 Å². The maximum Gasteiger partial charge on any atom is 0.240 e. The molecule has 2 atom stereocenters. The van der Waals surface area contributed by atoms with Gasteiger partial charge in [0.25, 0.3) is 0 Å². The summed E-state index contributed by atoms with van der Waals surface area (Å²) in [6.07, 6.45) is 4.09. The third-order valence-electron chi connectivity index (χ3n) is 3.58. The number of halogens is 1. The molecule has 19 heavy (non-hydrogen) atoms. The van der Waals surface area contributed by atoms with Crippen LogP contribution in [0.5, 0.6) is 0 Å². The van der Waals surface area contributed by atoms with Gasteiger partial charge in [-0.1, -0.05) is 18.6 Å². The molecule has 1 saturated carbocycles. The Morgan fingerprint density at radius 3 is 2.84 bits per heavy atom. The largest absolute Gasteiger partial charge is 0.240 e. The van der Waals surface area contributed by atoms with Gasteiger partial charge in [-0.25, -0.2) is 13.1 Å². The number of aryl methyl sites for hydroxylation is 1. The molecule has 1 aliphatic rings. The van der Waals surface area contributed by atoms with Crippen molar-refractivity contribution >= 4 is 21.6 Å². The predicted molar refractivity (Wildman–Crippen MR) is 78.0 cm³/mol. The molecule has 0 heterocycles. The summed E-state index contributed by atoms with van der Waals surface area (Å²) in [5.74, 6) is 0.357. The van der Waals surface area contributed by atoms with E-state index in [4.69, 9.17) is 11.6 Å². The van der Waals surface area contributed by atoms with Crippen LogP contribution in [0, 0.1) is 12.8 Å². The second kappa shape index (κ2) is 6.25. The van der Waals surface area contributed by atoms with Crippen LogP contribution in [0.2, 0.25) is 0 Å². The lowest BCUT2D eigenvalue weighted by Gasteiger charge is -2.25. The van der Waals surface area contributed by atoms with E-state index in [0.717, 1.165) is 31.2 Å². The Morgan fingerprint density at radius 2 is 2.16 bits per heavy atom. The first kappa shape index (κ1) is 14.8. The molecule has 3 nitrogen and oxygen atoms in total. The topological polar surface area (TPSA) is 46.2 Å². The van der Waals surface area contributed by atoms with Crippen molar-refractivity contribution in [3.05, 3.63) is 29.8 Å². The van der Waals surface area contributed by atoms with Gasteiger partial charge < -0.3 is 0 Å². The Morgan fingerprint density at radius 1 is 1.37 bits per heavy atom. The molecule has 0 aromatic heterocycles. The van der Waals surface area contributed by atoms with Crippen LogP contribution in [0.15, 0.2) is 29.2 Å². The van der Waals surface area contributed by atoms with E-state index in [1.54, 1.807) is 18.2 Å². The molecule has 0 amide bonds. The van der Waals surface area contributed by atoms with Gasteiger partial charge in [0, 0.05) is 11.9 Å². The minimum atomic E-state index is -3.39. The van der Waals surface area contributed by atoms with Gasteiger partial charge in [-0.05, 0) is 49.8 Å². The highest BCUT2D eigenvalue weighted by Crippen LogP contribution is 2.27. The van der Waals surface area contributed by atoms with Gasteiger partial charge in [0.05, 0.1) is 4.90 Å². The standard InChI is InChI=1S/C14H20ClNO2S/c1-11-4-2-7-14(8-11)19(17,18)16-10-12-5-3-6-13(15)9-12/h2,4,7-8,12-13,16H,3,5-6,9-10H2,1H3. The van der Waals surface area contributed by atoms with Gasteiger partial charge >= 0.3 is 0 Å². The summed E-state index contributed by atoms with van der Waals surface area (Å²) >= 11 is 6.12. The maximum atomic E-state index is 12.2. The van der Waals surface area contributed by atoms with Crippen LogP contribution in [0.1, 0.15) is 31.2 Å². The highest BCUT2D eigenvalue weighted by molar-refractivity contribution is 7.89. The number of alkyl halides is 1. The van der Waals surface area contributed by atoms with Gasteiger partial charge in [0.15, 0.2) is 0 Å². The van der Waals surface area contributed by atoms with Crippen molar-refractivity contribution in [1.82, 2.24) is 4.72 Å². The summed E-state index contributed by atoms with van der Waals surface area (Å²) < 4.78 is 27.0. The predicted octanol–water partition coefficient (Wildman–Crippen LogP) is 3.07. The fourth-order valence-electron chi connectivity index (χ4n) is 2.50. The molecule has 1 aliphatic carbocycles. The van der Waals surface area contributed by atoms with Crippen molar-refractivity contribution in [1.29, 1.82) is 0 Å². The molecule has 1 aromatic carbocycles. The number of nitrogens with one attached hydrogen (secondary N) is 1.